The molecule has 2 heterocycles. The average Bonchev–Trinajstić information content (AvgIpc) is 2.63. The first kappa shape index (κ1) is 11.9. The van der Waals surface area contributed by atoms with E-state index >= 15 is 0 Å². The standard InChI is InChI=1S/C11H14ClN5/c1-8-5-10(16-11(12)15-8)13-4-3-9-6-14-17(2)7-9/h5-7H,3-4H2,1-2H3,(H,13,15,16). The van der Waals surface area contributed by atoms with E-state index in [-0.39, 0.29) is 5.28 Å². The van der Waals surface area contributed by atoms with Crippen molar-refractivity contribution in [3.63, 3.8) is 0 Å². The van der Waals surface area contributed by atoms with Crippen molar-refractivity contribution in [2.24, 2.45) is 7.05 Å². The molecule has 5 nitrogen and oxygen atoms in total. The second-order valence-electron chi connectivity index (χ2n) is 3.86. The summed E-state index contributed by atoms with van der Waals surface area (Å²) in [4.78, 5) is 8.10. The highest BCUT2D eigenvalue weighted by Gasteiger charge is 2.00. The van der Waals surface area contributed by atoms with Crippen LogP contribution >= 0.6 is 11.6 Å². The summed E-state index contributed by atoms with van der Waals surface area (Å²) >= 11 is 5.77. The van der Waals surface area contributed by atoms with Crippen LogP contribution in [0.25, 0.3) is 0 Å². The van der Waals surface area contributed by atoms with Crippen molar-refractivity contribution < 1.29 is 0 Å². The van der Waals surface area contributed by atoms with Crippen LogP contribution in [-0.4, -0.2) is 26.3 Å². The molecule has 0 aliphatic carbocycles. The van der Waals surface area contributed by atoms with Crippen LogP contribution < -0.4 is 5.32 Å². The van der Waals surface area contributed by atoms with E-state index in [4.69, 9.17) is 11.6 Å². The molecular weight excluding hydrogens is 238 g/mol. The van der Waals surface area contributed by atoms with Gasteiger partial charge in [-0.1, -0.05) is 0 Å². The number of rotatable bonds is 4. The molecule has 0 aliphatic heterocycles. The van der Waals surface area contributed by atoms with Crippen molar-refractivity contribution in [3.8, 4) is 0 Å². The van der Waals surface area contributed by atoms with Crippen molar-refractivity contribution in [1.29, 1.82) is 0 Å². The normalized spacial score (nSPS) is 10.5. The van der Waals surface area contributed by atoms with Gasteiger partial charge in [-0.2, -0.15) is 5.10 Å². The lowest BCUT2D eigenvalue weighted by atomic mass is 10.2. The molecule has 6 heteroatoms. The van der Waals surface area contributed by atoms with Crippen molar-refractivity contribution in [3.05, 3.63) is 35.0 Å². The number of aromatic nitrogens is 4. The Hall–Kier alpha value is -1.62. The molecule has 17 heavy (non-hydrogen) atoms. The van der Waals surface area contributed by atoms with Gasteiger partial charge in [0.25, 0.3) is 0 Å². The van der Waals surface area contributed by atoms with Gasteiger partial charge in [0.15, 0.2) is 0 Å². The van der Waals surface area contributed by atoms with E-state index in [9.17, 15) is 0 Å². The van der Waals surface area contributed by atoms with E-state index in [1.165, 1.54) is 5.56 Å². The van der Waals surface area contributed by atoms with Gasteiger partial charge in [-0.15, -0.1) is 0 Å². The molecule has 2 aromatic heterocycles. The topological polar surface area (TPSA) is 55.6 Å². The minimum Gasteiger partial charge on any atom is -0.370 e. The molecule has 0 bridgehead atoms. The van der Waals surface area contributed by atoms with E-state index in [0.29, 0.717) is 0 Å². The minimum absolute atomic E-state index is 0.272. The monoisotopic (exact) mass is 251 g/mol. The van der Waals surface area contributed by atoms with Gasteiger partial charge in [0, 0.05) is 31.5 Å². The highest BCUT2D eigenvalue weighted by molar-refractivity contribution is 6.28. The maximum absolute atomic E-state index is 5.77. The predicted molar refractivity (Wildman–Crippen MR) is 67.2 cm³/mol. The summed E-state index contributed by atoms with van der Waals surface area (Å²) < 4.78 is 1.79. The maximum atomic E-state index is 5.77. The number of hydrogen-bond donors (Lipinski definition) is 1. The van der Waals surface area contributed by atoms with Crippen molar-refractivity contribution >= 4 is 17.4 Å². The summed E-state index contributed by atoms with van der Waals surface area (Å²) in [5.41, 5.74) is 2.05. The van der Waals surface area contributed by atoms with E-state index in [2.05, 4.69) is 20.4 Å². The molecule has 0 spiro atoms. The molecule has 0 amide bonds. The molecule has 0 atom stereocenters. The Balaban J connectivity index is 1.89. The molecule has 0 fully saturated rings. The molecule has 0 radical (unpaired) electrons. The number of nitrogens with zero attached hydrogens (tertiary/aromatic N) is 4. The third kappa shape index (κ3) is 3.42. The molecule has 2 rings (SSSR count). The summed E-state index contributed by atoms with van der Waals surface area (Å²) in [6, 6.07) is 1.87. The first-order valence-corrected chi connectivity index (χ1v) is 5.74. The van der Waals surface area contributed by atoms with Gasteiger partial charge in [-0.25, -0.2) is 9.97 Å². The van der Waals surface area contributed by atoms with Crippen LogP contribution in [0.1, 0.15) is 11.3 Å². The van der Waals surface area contributed by atoms with Gasteiger partial charge in [0.1, 0.15) is 5.82 Å². The lowest BCUT2D eigenvalue weighted by molar-refractivity contribution is 0.767. The second kappa shape index (κ2) is 5.14. The van der Waals surface area contributed by atoms with Gasteiger partial charge in [-0.3, -0.25) is 4.68 Å². The minimum atomic E-state index is 0.272. The Morgan fingerprint density at radius 2 is 2.24 bits per heavy atom. The Labute approximate surface area is 105 Å². The van der Waals surface area contributed by atoms with Crippen LogP contribution in [0.4, 0.5) is 5.82 Å². The number of halogens is 1. The fourth-order valence-electron chi connectivity index (χ4n) is 1.56. The molecular formula is C11H14ClN5. The summed E-state index contributed by atoms with van der Waals surface area (Å²) in [6.45, 7) is 2.68. The van der Waals surface area contributed by atoms with Crippen molar-refractivity contribution in [2.75, 3.05) is 11.9 Å². The molecule has 0 unspecified atom stereocenters. The summed E-state index contributed by atoms with van der Waals surface area (Å²) in [7, 11) is 1.91. The van der Waals surface area contributed by atoms with E-state index < -0.39 is 0 Å². The number of hydrogen-bond acceptors (Lipinski definition) is 4. The largest absolute Gasteiger partial charge is 0.370 e. The fourth-order valence-corrected chi connectivity index (χ4v) is 1.78. The third-order valence-electron chi connectivity index (χ3n) is 2.31. The van der Waals surface area contributed by atoms with Crippen LogP contribution in [0.5, 0.6) is 0 Å². The maximum Gasteiger partial charge on any atom is 0.224 e. The van der Waals surface area contributed by atoms with Crippen molar-refractivity contribution in [2.45, 2.75) is 13.3 Å². The first-order chi connectivity index (χ1) is 8.13. The molecule has 0 saturated heterocycles. The zero-order valence-corrected chi connectivity index (χ0v) is 10.6. The number of aryl methyl sites for hydroxylation is 2. The number of anilines is 1. The molecule has 0 aromatic carbocycles. The van der Waals surface area contributed by atoms with Gasteiger partial charge < -0.3 is 5.32 Å². The SMILES string of the molecule is Cc1cc(NCCc2cnn(C)c2)nc(Cl)n1. The van der Waals surface area contributed by atoms with Crippen LogP contribution in [-0.2, 0) is 13.5 Å². The Morgan fingerprint density at radius 1 is 1.41 bits per heavy atom. The van der Waals surface area contributed by atoms with Crippen LogP contribution in [0.3, 0.4) is 0 Å². The second-order valence-corrected chi connectivity index (χ2v) is 4.20. The lowest BCUT2D eigenvalue weighted by Crippen LogP contribution is -2.06. The lowest BCUT2D eigenvalue weighted by Gasteiger charge is -2.05. The highest BCUT2D eigenvalue weighted by atomic mass is 35.5. The zero-order chi connectivity index (χ0) is 12.3. The average molecular weight is 252 g/mol. The Bertz CT molecular complexity index is 488. The van der Waals surface area contributed by atoms with E-state index in [1.807, 2.05) is 32.4 Å². The third-order valence-corrected chi connectivity index (χ3v) is 2.47. The smallest absolute Gasteiger partial charge is 0.224 e. The number of nitrogens with one attached hydrogen (secondary N) is 1. The van der Waals surface area contributed by atoms with Gasteiger partial charge in [-0.05, 0) is 30.5 Å². The molecule has 2 aromatic rings. The van der Waals surface area contributed by atoms with Crippen LogP contribution in [0, 0.1) is 6.92 Å². The van der Waals surface area contributed by atoms with Gasteiger partial charge in [0.2, 0.25) is 5.28 Å². The Kier molecular flexibility index (Phi) is 3.58. The van der Waals surface area contributed by atoms with E-state index in [1.54, 1.807) is 4.68 Å². The molecule has 1 N–H and O–H groups in total. The molecule has 90 valence electrons. The first-order valence-electron chi connectivity index (χ1n) is 5.36. The van der Waals surface area contributed by atoms with E-state index in [0.717, 1.165) is 24.5 Å². The fraction of sp³-hybridized carbons (Fsp3) is 0.364. The van der Waals surface area contributed by atoms with Crippen LogP contribution in [0.2, 0.25) is 5.28 Å². The molecule has 0 aliphatic rings. The molecule has 0 saturated carbocycles. The zero-order valence-electron chi connectivity index (χ0n) is 9.81. The van der Waals surface area contributed by atoms with Gasteiger partial charge >= 0.3 is 0 Å². The Morgan fingerprint density at radius 3 is 2.88 bits per heavy atom. The highest BCUT2D eigenvalue weighted by Crippen LogP contribution is 2.09. The quantitative estimate of drug-likeness (QED) is 0.843. The predicted octanol–water partition coefficient (Wildman–Crippen LogP) is 1.83. The van der Waals surface area contributed by atoms with Crippen LogP contribution in [0.15, 0.2) is 18.5 Å². The summed E-state index contributed by atoms with van der Waals surface area (Å²) in [5.74, 6) is 0.756. The summed E-state index contributed by atoms with van der Waals surface area (Å²) in [5, 5.41) is 7.60. The summed E-state index contributed by atoms with van der Waals surface area (Å²) in [6.07, 6.45) is 4.76. The van der Waals surface area contributed by atoms with Crippen molar-refractivity contribution in [1.82, 2.24) is 19.7 Å². The van der Waals surface area contributed by atoms with Gasteiger partial charge in [0.05, 0.1) is 6.20 Å².